The number of alkyl halides is 1. The summed E-state index contributed by atoms with van der Waals surface area (Å²) in [7, 11) is 0. The first kappa shape index (κ1) is 11.3. The van der Waals surface area contributed by atoms with E-state index in [4.69, 9.17) is 0 Å². The van der Waals surface area contributed by atoms with Gasteiger partial charge in [0, 0.05) is 9.80 Å². The van der Waals surface area contributed by atoms with Gasteiger partial charge in [-0.2, -0.15) is 0 Å². The first-order valence-electron chi connectivity index (χ1n) is 4.44. The fourth-order valence-corrected chi connectivity index (χ4v) is 1.88. The van der Waals surface area contributed by atoms with Crippen LogP contribution in [-0.2, 0) is 6.42 Å². The largest absolute Gasteiger partial charge is 0.0925 e. The summed E-state index contributed by atoms with van der Waals surface area (Å²) in [6.07, 6.45) is 1.14. The Hall–Kier alpha value is 0.180. The van der Waals surface area contributed by atoms with Gasteiger partial charge < -0.3 is 0 Å². The lowest BCUT2D eigenvalue weighted by Gasteiger charge is -2.08. The third-order valence-corrected chi connectivity index (χ3v) is 4.04. The zero-order chi connectivity index (χ0) is 9.84. The number of benzene rings is 1. The average molecular weight is 306 g/mol. The molecule has 0 saturated heterocycles. The van der Waals surface area contributed by atoms with Crippen LogP contribution in [0, 0.1) is 12.8 Å². The Bertz CT molecular complexity index is 281. The van der Waals surface area contributed by atoms with Gasteiger partial charge >= 0.3 is 0 Å². The molecule has 0 fully saturated rings. The van der Waals surface area contributed by atoms with E-state index in [1.165, 1.54) is 15.6 Å². The van der Waals surface area contributed by atoms with Gasteiger partial charge in [-0.3, -0.25) is 0 Å². The molecule has 72 valence electrons. The Morgan fingerprint density at radius 2 is 2.08 bits per heavy atom. The predicted octanol–water partition coefficient (Wildman–Crippen LogP) is 4.33. The summed E-state index contributed by atoms with van der Waals surface area (Å²) >= 11 is 7.04. The molecular weight excluding hydrogens is 292 g/mol. The van der Waals surface area contributed by atoms with Crippen LogP contribution in [0.2, 0.25) is 0 Å². The molecule has 0 N–H and O–H groups in total. The maximum absolute atomic E-state index is 3.55. The van der Waals surface area contributed by atoms with E-state index < -0.39 is 0 Å². The summed E-state index contributed by atoms with van der Waals surface area (Å²) in [5, 5.41) is 1.07. The summed E-state index contributed by atoms with van der Waals surface area (Å²) in [5.74, 6) is 0.703. The molecule has 1 unspecified atom stereocenters. The lowest BCUT2D eigenvalue weighted by molar-refractivity contribution is 0.663. The maximum atomic E-state index is 3.55. The standard InChI is InChI=1S/C11H14Br2/c1-8(7-12)5-10-4-3-9(2)11(13)6-10/h3-4,6,8H,5,7H2,1-2H3. The van der Waals surface area contributed by atoms with E-state index >= 15 is 0 Å². The van der Waals surface area contributed by atoms with E-state index in [1.807, 2.05) is 0 Å². The van der Waals surface area contributed by atoms with Crippen LogP contribution in [0.3, 0.4) is 0 Å². The fourth-order valence-electron chi connectivity index (χ4n) is 1.22. The molecule has 0 aliphatic heterocycles. The second kappa shape index (κ2) is 5.16. The van der Waals surface area contributed by atoms with Crippen molar-refractivity contribution in [3.8, 4) is 0 Å². The van der Waals surface area contributed by atoms with Crippen LogP contribution in [-0.4, -0.2) is 5.33 Å². The first-order valence-corrected chi connectivity index (χ1v) is 6.36. The van der Waals surface area contributed by atoms with Crippen LogP contribution in [0.25, 0.3) is 0 Å². The Balaban J connectivity index is 2.73. The molecule has 0 radical (unpaired) electrons. The summed E-state index contributed by atoms with van der Waals surface area (Å²) in [5.41, 5.74) is 2.71. The molecule has 1 rings (SSSR count). The first-order chi connectivity index (χ1) is 6.13. The SMILES string of the molecule is Cc1ccc(CC(C)CBr)cc1Br. The van der Waals surface area contributed by atoms with Gasteiger partial charge in [0.15, 0.2) is 0 Å². The molecule has 13 heavy (non-hydrogen) atoms. The van der Waals surface area contributed by atoms with E-state index in [1.54, 1.807) is 0 Å². The van der Waals surface area contributed by atoms with Gasteiger partial charge in [-0.15, -0.1) is 0 Å². The molecule has 0 aromatic heterocycles. The van der Waals surface area contributed by atoms with Crippen molar-refractivity contribution in [3.63, 3.8) is 0 Å². The van der Waals surface area contributed by atoms with Crippen molar-refractivity contribution in [2.24, 2.45) is 5.92 Å². The molecule has 2 heteroatoms. The number of hydrogen-bond donors (Lipinski definition) is 0. The molecule has 0 nitrogen and oxygen atoms in total. The van der Waals surface area contributed by atoms with E-state index in [0.717, 1.165) is 11.8 Å². The van der Waals surface area contributed by atoms with Crippen LogP contribution in [0.4, 0.5) is 0 Å². The van der Waals surface area contributed by atoms with Crippen molar-refractivity contribution in [2.75, 3.05) is 5.33 Å². The number of aryl methyl sites for hydroxylation is 1. The van der Waals surface area contributed by atoms with Gasteiger partial charge in [-0.25, -0.2) is 0 Å². The van der Waals surface area contributed by atoms with Crippen molar-refractivity contribution in [1.82, 2.24) is 0 Å². The van der Waals surface area contributed by atoms with Gasteiger partial charge in [0.05, 0.1) is 0 Å². The molecule has 0 saturated carbocycles. The zero-order valence-corrected chi connectivity index (χ0v) is 11.2. The van der Waals surface area contributed by atoms with E-state index in [0.29, 0.717) is 5.92 Å². The van der Waals surface area contributed by atoms with Crippen LogP contribution in [0.5, 0.6) is 0 Å². The third kappa shape index (κ3) is 3.43. The fraction of sp³-hybridized carbons (Fsp3) is 0.455. The van der Waals surface area contributed by atoms with Crippen molar-refractivity contribution in [3.05, 3.63) is 33.8 Å². The van der Waals surface area contributed by atoms with E-state index in [9.17, 15) is 0 Å². The lowest BCUT2D eigenvalue weighted by atomic mass is 10.0. The van der Waals surface area contributed by atoms with Crippen LogP contribution in [0.1, 0.15) is 18.1 Å². The van der Waals surface area contributed by atoms with Gasteiger partial charge in [0.1, 0.15) is 0 Å². The maximum Gasteiger partial charge on any atom is 0.0207 e. The normalized spacial score (nSPS) is 12.9. The van der Waals surface area contributed by atoms with Crippen LogP contribution >= 0.6 is 31.9 Å². The molecule has 1 atom stereocenters. The smallest absolute Gasteiger partial charge is 0.0207 e. The van der Waals surface area contributed by atoms with Crippen molar-refractivity contribution >= 4 is 31.9 Å². The van der Waals surface area contributed by atoms with Gasteiger partial charge in [0.25, 0.3) is 0 Å². The summed E-state index contributed by atoms with van der Waals surface area (Å²) in [4.78, 5) is 0. The molecule has 0 heterocycles. The second-order valence-corrected chi connectivity index (χ2v) is 5.05. The van der Waals surface area contributed by atoms with Crippen molar-refractivity contribution in [1.29, 1.82) is 0 Å². The Kier molecular flexibility index (Phi) is 4.47. The number of hydrogen-bond acceptors (Lipinski definition) is 0. The molecule has 1 aromatic carbocycles. The Morgan fingerprint density at radius 3 is 2.62 bits per heavy atom. The monoisotopic (exact) mass is 304 g/mol. The molecule has 0 aliphatic carbocycles. The lowest BCUT2D eigenvalue weighted by Crippen LogP contribution is -2.00. The summed E-state index contributed by atoms with van der Waals surface area (Å²) < 4.78 is 1.21. The highest BCUT2D eigenvalue weighted by atomic mass is 79.9. The number of halogens is 2. The second-order valence-electron chi connectivity index (χ2n) is 3.55. The molecule has 0 aliphatic rings. The minimum absolute atomic E-state index is 0.703. The number of rotatable bonds is 3. The Morgan fingerprint density at radius 1 is 1.38 bits per heavy atom. The van der Waals surface area contributed by atoms with Crippen LogP contribution in [0.15, 0.2) is 22.7 Å². The molecule has 0 amide bonds. The Labute approximate surface area is 97.0 Å². The minimum atomic E-state index is 0.703. The molecule has 0 bridgehead atoms. The zero-order valence-electron chi connectivity index (χ0n) is 7.98. The summed E-state index contributed by atoms with van der Waals surface area (Å²) in [6.45, 7) is 4.37. The van der Waals surface area contributed by atoms with E-state index in [-0.39, 0.29) is 0 Å². The van der Waals surface area contributed by atoms with Crippen LogP contribution < -0.4 is 0 Å². The molecule has 0 spiro atoms. The topological polar surface area (TPSA) is 0 Å². The van der Waals surface area contributed by atoms with Gasteiger partial charge in [-0.1, -0.05) is 50.9 Å². The molecular formula is C11H14Br2. The molecule has 1 aromatic rings. The highest BCUT2D eigenvalue weighted by molar-refractivity contribution is 9.10. The highest BCUT2D eigenvalue weighted by Crippen LogP contribution is 2.19. The quantitative estimate of drug-likeness (QED) is 0.729. The highest BCUT2D eigenvalue weighted by Gasteiger charge is 2.03. The average Bonchev–Trinajstić information content (AvgIpc) is 2.11. The summed E-state index contributed by atoms with van der Waals surface area (Å²) in [6, 6.07) is 6.59. The van der Waals surface area contributed by atoms with Crippen molar-refractivity contribution in [2.45, 2.75) is 20.3 Å². The van der Waals surface area contributed by atoms with Gasteiger partial charge in [0.2, 0.25) is 0 Å². The third-order valence-electron chi connectivity index (χ3n) is 2.08. The van der Waals surface area contributed by atoms with Crippen molar-refractivity contribution < 1.29 is 0 Å². The van der Waals surface area contributed by atoms with Gasteiger partial charge in [-0.05, 0) is 36.5 Å². The predicted molar refractivity (Wildman–Crippen MR) is 65.5 cm³/mol. The van der Waals surface area contributed by atoms with E-state index in [2.05, 4.69) is 63.9 Å². The minimum Gasteiger partial charge on any atom is -0.0925 e.